The van der Waals surface area contributed by atoms with Gasteiger partial charge in [0.05, 0.1) is 40.2 Å². The average Bonchev–Trinajstić information content (AvgIpc) is 3.55. The highest BCUT2D eigenvalue weighted by atomic mass is 35.5. The third-order valence-corrected chi connectivity index (χ3v) is 8.76. The van der Waals surface area contributed by atoms with Crippen molar-refractivity contribution >= 4 is 52.0 Å². The minimum atomic E-state index is -0.352. The van der Waals surface area contributed by atoms with Crippen molar-refractivity contribution in [1.82, 2.24) is 34.0 Å². The Labute approximate surface area is 270 Å². The first-order valence-electron chi connectivity index (χ1n) is 14.7. The summed E-state index contributed by atoms with van der Waals surface area (Å²) in [5.41, 5.74) is 5.04. The number of rotatable bonds is 8. The molecule has 1 aliphatic heterocycles. The number of amides is 1. The first-order chi connectivity index (χ1) is 21.7. The normalized spacial score (nSPS) is 14.5. The monoisotopic (exact) mass is 643 g/mol. The third kappa shape index (κ3) is 6.25. The standard InChI is InChI=1S/C32H34ClN9O2S/c1-19-16-23(20(2)35-26-7-8-27(33)36-29(26)30(43)39-45-4)28-24(17-19)31(44)40(3)32(37-28)41-13-9-21(10-14-41)25-11-15-42(38-25)22-6-5-12-34-18-22/h5-8,11-12,15-18,20-21,35H,9-10,13-14H2,1-4H3,(H,39,43). The van der Waals surface area contributed by atoms with E-state index in [0.29, 0.717) is 28.5 Å². The molecule has 2 N–H and O–H groups in total. The molecule has 1 atom stereocenters. The van der Waals surface area contributed by atoms with Crippen LogP contribution in [0.15, 0.2) is 65.8 Å². The van der Waals surface area contributed by atoms with Crippen LogP contribution in [0.5, 0.6) is 0 Å². The van der Waals surface area contributed by atoms with Gasteiger partial charge in [-0.3, -0.25) is 23.9 Å². The highest BCUT2D eigenvalue weighted by Gasteiger charge is 2.26. The van der Waals surface area contributed by atoms with Crippen LogP contribution in [0.2, 0.25) is 5.15 Å². The number of aryl methyl sites for hydroxylation is 1. The van der Waals surface area contributed by atoms with Crippen molar-refractivity contribution < 1.29 is 4.79 Å². The first kappa shape index (κ1) is 30.6. The lowest BCUT2D eigenvalue weighted by molar-refractivity contribution is 0.0980. The molecule has 1 fully saturated rings. The van der Waals surface area contributed by atoms with Crippen LogP contribution in [0.25, 0.3) is 16.6 Å². The van der Waals surface area contributed by atoms with Crippen molar-refractivity contribution in [3.8, 4) is 5.69 Å². The van der Waals surface area contributed by atoms with Crippen LogP contribution in [0.4, 0.5) is 11.6 Å². The van der Waals surface area contributed by atoms with Gasteiger partial charge in [-0.05, 0) is 68.7 Å². The van der Waals surface area contributed by atoms with Gasteiger partial charge in [-0.15, -0.1) is 0 Å². The van der Waals surface area contributed by atoms with E-state index in [1.165, 1.54) is 11.9 Å². The van der Waals surface area contributed by atoms with Gasteiger partial charge >= 0.3 is 0 Å². The summed E-state index contributed by atoms with van der Waals surface area (Å²) < 4.78 is 6.22. The summed E-state index contributed by atoms with van der Waals surface area (Å²) in [4.78, 5) is 42.2. The molecular formula is C32H34ClN9O2S. The van der Waals surface area contributed by atoms with Crippen LogP contribution < -0.4 is 20.5 Å². The van der Waals surface area contributed by atoms with Gasteiger partial charge in [0, 0.05) is 50.3 Å². The molecule has 13 heteroatoms. The molecule has 45 heavy (non-hydrogen) atoms. The number of hydrogen-bond acceptors (Lipinski definition) is 9. The Hall–Kier alpha value is -4.42. The molecule has 6 rings (SSSR count). The summed E-state index contributed by atoms with van der Waals surface area (Å²) in [6.07, 6.45) is 9.07. The molecule has 0 radical (unpaired) electrons. The molecule has 1 saturated heterocycles. The number of pyridine rings is 2. The van der Waals surface area contributed by atoms with E-state index < -0.39 is 0 Å². The van der Waals surface area contributed by atoms with Gasteiger partial charge in [0.2, 0.25) is 5.95 Å². The lowest BCUT2D eigenvalue weighted by Gasteiger charge is -2.33. The number of hydrogen-bond donors (Lipinski definition) is 2. The third-order valence-electron chi connectivity index (χ3n) is 8.16. The maximum absolute atomic E-state index is 13.7. The molecule has 11 nitrogen and oxygen atoms in total. The second kappa shape index (κ2) is 12.9. The van der Waals surface area contributed by atoms with Gasteiger partial charge in [0.15, 0.2) is 5.69 Å². The highest BCUT2D eigenvalue weighted by molar-refractivity contribution is 7.97. The fourth-order valence-electron chi connectivity index (χ4n) is 5.90. The Morgan fingerprint density at radius 3 is 2.67 bits per heavy atom. The van der Waals surface area contributed by atoms with E-state index >= 15 is 0 Å². The zero-order valence-corrected chi connectivity index (χ0v) is 27.1. The maximum atomic E-state index is 13.7. The van der Waals surface area contributed by atoms with Crippen molar-refractivity contribution in [1.29, 1.82) is 0 Å². The molecule has 5 aromatic rings. The molecule has 0 aliphatic carbocycles. The number of carbonyl (C=O) groups is 1. The lowest BCUT2D eigenvalue weighted by Crippen LogP contribution is -2.38. The number of anilines is 2. The number of carbonyl (C=O) groups excluding carboxylic acids is 1. The lowest BCUT2D eigenvalue weighted by atomic mass is 9.94. The molecule has 5 heterocycles. The van der Waals surface area contributed by atoms with E-state index in [1.807, 2.05) is 49.0 Å². The number of nitrogens with one attached hydrogen (secondary N) is 2. The van der Waals surface area contributed by atoms with E-state index in [0.717, 1.165) is 48.4 Å². The summed E-state index contributed by atoms with van der Waals surface area (Å²) in [5, 5.41) is 9.01. The number of fused-ring (bicyclic) bond motifs is 1. The fourth-order valence-corrected chi connectivity index (χ4v) is 6.32. The van der Waals surface area contributed by atoms with Gasteiger partial charge in [0.1, 0.15) is 5.15 Å². The van der Waals surface area contributed by atoms with Crippen LogP contribution >= 0.6 is 23.5 Å². The second-order valence-corrected chi connectivity index (χ2v) is 12.2. The van der Waals surface area contributed by atoms with Crippen LogP contribution in [-0.2, 0) is 7.05 Å². The number of nitrogens with zero attached hydrogens (tertiary/aromatic N) is 7. The number of halogens is 1. The van der Waals surface area contributed by atoms with E-state index in [-0.39, 0.29) is 28.4 Å². The molecular weight excluding hydrogens is 610 g/mol. The Kier molecular flexibility index (Phi) is 8.77. The summed E-state index contributed by atoms with van der Waals surface area (Å²) in [6, 6.07) is 13.0. The van der Waals surface area contributed by atoms with Crippen LogP contribution in [0.1, 0.15) is 59.0 Å². The largest absolute Gasteiger partial charge is 0.377 e. The molecule has 1 amide bonds. The summed E-state index contributed by atoms with van der Waals surface area (Å²) >= 11 is 7.31. The maximum Gasteiger partial charge on any atom is 0.281 e. The fraction of sp³-hybridized carbons (Fsp3) is 0.312. The molecule has 232 valence electrons. The van der Waals surface area contributed by atoms with Gasteiger partial charge in [-0.25, -0.2) is 14.6 Å². The molecule has 1 aromatic carbocycles. The Balaban J connectivity index is 1.27. The Bertz CT molecular complexity index is 1920. The predicted molar refractivity (Wildman–Crippen MR) is 180 cm³/mol. The van der Waals surface area contributed by atoms with Gasteiger partial charge in [-0.2, -0.15) is 5.10 Å². The van der Waals surface area contributed by atoms with Crippen molar-refractivity contribution in [2.45, 2.75) is 38.6 Å². The van der Waals surface area contributed by atoms with Gasteiger partial charge in [0.25, 0.3) is 11.5 Å². The quantitative estimate of drug-likeness (QED) is 0.168. The zero-order chi connectivity index (χ0) is 31.7. The summed E-state index contributed by atoms with van der Waals surface area (Å²) in [6.45, 7) is 5.43. The minimum absolute atomic E-state index is 0.0994. The van der Waals surface area contributed by atoms with Crippen molar-refractivity contribution in [2.24, 2.45) is 7.05 Å². The SMILES string of the molecule is CSNC(=O)c1nc(Cl)ccc1NC(C)c1cc(C)cc2c(=O)n(C)c(N3CCC(c4ccn(-c5cccnc5)n4)CC3)nc12. The number of aromatic nitrogens is 6. The zero-order valence-electron chi connectivity index (χ0n) is 25.5. The van der Waals surface area contributed by atoms with E-state index in [9.17, 15) is 9.59 Å². The number of benzene rings is 1. The minimum Gasteiger partial charge on any atom is -0.377 e. The van der Waals surface area contributed by atoms with E-state index in [1.54, 1.807) is 42.4 Å². The van der Waals surface area contributed by atoms with E-state index in [2.05, 4.69) is 31.0 Å². The summed E-state index contributed by atoms with van der Waals surface area (Å²) in [7, 11) is 1.78. The van der Waals surface area contributed by atoms with Gasteiger partial charge < -0.3 is 10.2 Å². The molecule has 0 saturated carbocycles. The first-order valence-corrected chi connectivity index (χ1v) is 16.3. The second-order valence-electron chi connectivity index (χ2n) is 11.2. The van der Waals surface area contributed by atoms with Crippen molar-refractivity contribution in [3.05, 3.63) is 99.1 Å². The molecule has 4 aromatic heterocycles. The highest BCUT2D eigenvalue weighted by Crippen LogP contribution is 2.32. The molecule has 0 spiro atoms. The van der Waals surface area contributed by atoms with Crippen molar-refractivity contribution in [3.63, 3.8) is 0 Å². The molecule has 0 bridgehead atoms. The predicted octanol–water partition coefficient (Wildman–Crippen LogP) is 5.44. The van der Waals surface area contributed by atoms with Crippen LogP contribution in [-0.4, -0.2) is 54.6 Å². The number of piperidine rings is 1. The van der Waals surface area contributed by atoms with Crippen molar-refractivity contribution in [2.75, 3.05) is 29.6 Å². The topological polar surface area (TPSA) is 123 Å². The molecule has 1 aliphatic rings. The van der Waals surface area contributed by atoms with Crippen LogP contribution in [0, 0.1) is 6.92 Å². The average molecular weight is 644 g/mol. The Morgan fingerprint density at radius 2 is 1.93 bits per heavy atom. The smallest absolute Gasteiger partial charge is 0.281 e. The van der Waals surface area contributed by atoms with Crippen LogP contribution in [0.3, 0.4) is 0 Å². The Morgan fingerprint density at radius 1 is 1.13 bits per heavy atom. The summed E-state index contributed by atoms with van der Waals surface area (Å²) in [5.74, 6) is 0.595. The molecule has 1 unspecified atom stereocenters. The van der Waals surface area contributed by atoms with E-state index in [4.69, 9.17) is 21.7 Å². The van der Waals surface area contributed by atoms with Gasteiger partial charge in [-0.1, -0.05) is 29.6 Å².